The molecule has 2 aromatic carbocycles. The van der Waals surface area contributed by atoms with Gasteiger partial charge in [0, 0.05) is 0 Å². The normalized spacial score (nSPS) is 10.8. The average Bonchev–Trinajstić information content (AvgIpc) is 2.32. The molecular weight excluding hydrogens is 319 g/mol. The third kappa shape index (κ3) is 4.15. The number of rotatable bonds is 4. The lowest BCUT2D eigenvalue weighted by Crippen LogP contribution is -3.61. The van der Waals surface area contributed by atoms with Gasteiger partial charge >= 0.3 is 21.2 Å². The molecule has 0 nitrogen and oxygen atoms in total. The Labute approximate surface area is 114 Å². The zero-order valence-corrected chi connectivity index (χ0v) is 12.5. The fourth-order valence-electron chi connectivity index (χ4n) is 1.76. The molecule has 0 spiro atoms. The van der Waals surface area contributed by atoms with E-state index in [1.165, 1.54) is 19.1 Å². The van der Waals surface area contributed by atoms with Gasteiger partial charge in [0.25, 0.3) is 0 Å². The van der Waals surface area contributed by atoms with Gasteiger partial charge in [0.2, 0.25) is 0 Å². The van der Waals surface area contributed by atoms with Gasteiger partial charge in [-0.2, -0.15) is 0 Å². The number of benzene rings is 2. The van der Waals surface area contributed by atoms with Crippen molar-refractivity contribution in [2.45, 2.75) is 20.3 Å². The summed E-state index contributed by atoms with van der Waals surface area (Å²) in [5, 5.41) is 0. The van der Waals surface area contributed by atoms with Crippen LogP contribution in [-0.4, -0.2) is 0 Å². The van der Waals surface area contributed by atoms with Gasteiger partial charge in [0.1, 0.15) is 0 Å². The molecule has 0 amide bonds. The summed E-state index contributed by atoms with van der Waals surface area (Å²) < 4.78 is 2.99. The van der Waals surface area contributed by atoms with E-state index in [0.717, 1.165) is 5.92 Å². The minimum atomic E-state index is -0.00515. The van der Waals surface area contributed by atoms with E-state index in [2.05, 4.69) is 68.4 Å². The van der Waals surface area contributed by atoms with Crippen LogP contribution in [-0.2, 0) is 6.42 Å². The SMILES string of the molecule is CC(C)Cc1ccc([I+]c2ccccc2)cc1. The van der Waals surface area contributed by atoms with Crippen LogP contribution in [0.15, 0.2) is 54.6 Å². The van der Waals surface area contributed by atoms with E-state index in [-0.39, 0.29) is 21.2 Å². The van der Waals surface area contributed by atoms with E-state index in [1.807, 2.05) is 0 Å². The topological polar surface area (TPSA) is 0 Å². The Kier molecular flexibility index (Phi) is 4.60. The second-order valence-electron chi connectivity index (χ2n) is 4.61. The molecule has 0 aliphatic heterocycles. The van der Waals surface area contributed by atoms with Gasteiger partial charge in [-0.25, -0.2) is 0 Å². The maximum atomic E-state index is 2.30. The summed E-state index contributed by atoms with van der Waals surface area (Å²) in [6.45, 7) is 4.54. The molecule has 0 radical (unpaired) electrons. The van der Waals surface area contributed by atoms with E-state index >= 15 is 0 Å². The quantitative estimate of drug-likeness (QED) is 0.731. The van der Waals surface area contributed by atoms with E-state index in [4.69, 9.17) is 0 Å². The first-order valence-corrected chi connectivity index (χ1v) is 8.18. The van der Waals surface area contributed by atoms with Crippen molar-refractivity contribution >= 4 is 0 Å². The molecule has 88 valence electrons. The van der Waals surface area contributed by atoms with Crippen molar-refractivity contribution in [1.29, 1.82) is 0 Å². The third-order valence-corrected chi connectivity index (χ3v) is 5.19. The lowest BCUT2D eigenvalue weighted by atomic mass is 10.0. The Balaban J connectivity index is 2.03. The summed E-state index contributed by atoms with van der Waals surface area (Å²) in [6.07, 6.45) is 1.18. The first kappa shape index (κ1) is 12.6. The Morgan fingerprint density at radius 1 is 0.824 bits per heavy atom. The van der Waals surface area contributed by atoms with Gasteiger partial charge < -0.3 is 0 Å². The molecular formula is C16H18I+. The van der Waals surface area contributed by atoms with E-state index in [9.17, 15) is 0 Å². The van der Waals surface area contributed by atoms with Crippen LogP contribution in [0.25, 0.3) is 0 Å². The predicted octanol–water partition coefficient (Wildman–Crippen LogP) is 1.01. The van der Waals surface area contributed by atoms with Crippen LogP contribution in [0.4, 0.5) is 0 Å². The highest BCUT2D eigenvalue weighted by Crippen LogP contribution is 2.06. The maximum absolute atomic E-state index is 2.30. The molecule has 17 heavy (non-hydrogen) atoms. The van der Waals surface area contributed by atoms with Gasteiger partial charge in [-0.15, -0.1) is 0 Å². The van der Waals surface area contributed by atoms with Gasteiger partial charge in [-0.05, 0) is 42.2 Å². The second kappa shape index (κ2) is 6.20. The van der Waals surface area contributed by atoms with Crippen molar-refractivity contribution in [2.24, 2.45) is 5.92 Å². The van der Waals surface area contributed by atoms with Crippen LogP contribution in [0, 0.1) is 13.1 Å². The van der Waals surface area contributed by atoms with E-state index < -0.39 is 0 Å². The van der Waals surface area contributed by atoms with E-state index in [1.54, 1.807) is 0 Å². The summed E-state index contributed by atoms with van der Waals surface area (Å²) in [5.41, 5.74) is 1.46. The van der Waals surface area contributed by atoms with E-state index in [0.29, 0.717) is 0 Å². The fourth-order valence-corrected chi connectivity index (χ4v) is 3.97. The molecule has 0 saturated carbocycles. The minimum absolute atomic E-state index is 0.00515. The van der Waals surface area contributed by atoms with Crippen LogP contribution in [0.5, 0.6) is 0 Å². The Morgan fingerprint density at radius 2 is 1.41 bits per heavy atom. The summed E-state index contributed by atoms with van der Waals surface area (Å²) in [7, 11) is 0. The maximum Gasteiger partial charge on any atom is 0.357 e. The molecule has 0 aliphatic carbocycles. The number of halogens is 1. The minimum Gasteiger partial charge on any atom is -0.0625 e. The number of hydrogen-bond donors (Lipinski definition) is 0. The summed E-state index contributed by atoms with van der Waals surface area (Å²) in [6, 6.07) is 20.0. The van der Waals surface area contributed by atoms with Crippen LogP contribution in [0.2, 0.25) is 0 Å². The van der Waals surface area contributed by atoms with Crippen LogP contribution < -0.4 is 21.2 Å². The third-order valence-electron chi connectivity index (χ3n) is 2.51. The predicted molar refractivity (Wildman–Crippen MR) is 68.8 cm³/mol. The van der Waals surface area contributed by atoms with Crippen molar-refractivity contribution < 1.29 is 21.2 Å². The first-order valence-electron chi connectivity index (χ1n) is 6.03. The number of hydrogen-bond acceptors (Lipinski definition) is 0. The monoisotopic (exact) mass is 337 g/mol. The molecule has 0 aliphatic rings. The van der Waals surface area contributed by atoms with Gasteiger partial charge in [-0.1, -0.05) is 44.2 Å². The van der Waals surface area contributed by atoms with Crippen LogP contribution in [0.1, 0.15) is 19.4 Å². The molecule has 0 N–H and O–H groups in total. The molecule has 2 aromatic rings. The first-order chi connectivity index (χ1) is 8.24. The Bertz CT molecular complexity index is 443. The van der Waals surface area contributed by atoms with Gasteiger partial charge in [0.05, 0.1) is 0 Å². The standard InChI is InChI=1S/C16H18I/c1-13(2)12-14-8-10-16(11-9-14)17-15-6-4-3-5-7-15/h3-11,13H,12H2,1-2H3/q+1. The van der Waals surface area contributed by atoms with Crippen molar-refractivity contribution in [1.82, 2.24) is 0 Å². The molecule has 0 aromatic heterocycles. The van der Waals surface area contributed by atoms with Gasteiger partial charge in [0.15, 0.2) is 7.14 Å². The molecule has 1 heteroatoms. The summed E-state index contributed by atoms with van der Waals surface area (Å²) in [5.74, 6) is 0.740. The fraction of sp³-hybridized carbons (Fsp3) is 0.250. The smallest absolute Gasteiger partial charge is 0.0625 e. The van der Waals surface area contributed by atoms with Crippen molar-refractivity contribution in [2.75, 3.05) is 0 Å². The molecule has 0 atom stereocenters. The summed E-state index contributed by atoms with van der Waals surface area (Å²) >= 11 is -0.00515. The zero-order valence-electron chi connectivity index (χ0n) is 10.4. The Morgan fingerprint density at radius 3 is 2.00 bits per heavy atom. The van der Waals surface area contributed by atoms with Gasteiger partial charge in [-0.3, -0.25) is 0 Å². The van der Waals surface area contributed by atoms with Crippen LogP contribution >= 0.6 is 0 Å². The Hall–Kier alpha value is -0.830. The van der Waals surface area contributed by atoms with Crippen molar-refractivity contribution in [3.05, 3.63) is 67.3 Å². The zero-order chi connectivity index (χ0) is 12.1. The van der Waals surface area contributed by atoms with Crippen LogP contribution in [0.3, 0.4) is 0 Å². The molecule has 0 saturated heterocycles. The largest absolute Gasteiger partial charge is 0.357 e. The highest BCUT2D eigenvalue weighted by Gasteiger charge is 2.14. The van der Waals surface area contributed by atoms with Crippen molar-refractivity contribution in [3.63, 3.8) is 0 Å². The lowest BCUT2D eigenvalue weighted by Gasteiger charge is -2.03. The average molecular weight is 337 g/mol. The molecule has 0 unspecified atom stereocenters. The summed E-state index contributed by atoms with van der Waals surface area (Å²) in [4.78, 5) is 0. The molecule has 2 rings (SSSR count). The molecule has 0 heterocycles. The lowest BCUT2D eigenvalue weighted by molar-refractivity contribution is -0.597. The van der Waals surface area contributed by atoms with Crippen molar-refractivity contribution in [3.8, 4) is 0 Å². The molecule has 0 fully saturated rings. The highest BCUT2D eigenvalue weighted by molar-refractivity contribution is 5.15. The highest BCUT2D eigenvalue weighted by atomic mass is 127. The molecule has 0 bridgehead atoms. The second-order valence-corrected chi connectivity index (χ2v) is 7.65.